The van der Waals surface area contributed by atoms with Gasteiger partial charge in [0.25, 0.3) is 0 Å². The molecule has 0 aliphatic carbocycles. The number of imide groups is 1. The van der Waals surface area contributed by atoms with E-state index in [0.29, 0.717) is 18.5 Å². The average Bonchev–Trinajstić information content (AvgIpc) is 3.24. The van der Waals surface area contributed by atoms with E-state index in [1.807, 2.05) is 49.5 Å². The van der Waals surface area contributed by atoms with Crippen molar-refractivity contribution >= 4 is 23.5 Å². The number of quaternary nitrogens is 1. The van der Waals surface area contributed by atoms with Crippen LogP contribution in [0.5, 0.6) is 0 Å². The minimum atomic E-state index is -1.11. The summed E-state index contributed by atoms with van der Waals surface area (Å²) in [7, 11) is 0. The number of hydrogen-bond donors (Lipinski definition) is 1. The molecule has 0 aromatic heterocycles. The predicted octanol–water partition coefficient (Wildman–Crippen LogP) is 2.52. The van der Waals surface area contributed by atoms with E-state index in [9.17, 15) is 14.4 Å². The molecule has 6 nitrogen and oxygen atoms in total. The Morgan fingerprint density at radius 3 is 2.35 bits per heavy atom. The van der Waals surface area contributed by atoms with Gasteiger partial charge in [-0.2, -0.15) is 0 Å². The van der Waals surface area contributed by atoms with E-state index in [1.54, 1.807) is 31.2 Å². The van der Waals surface area contributed by atoms with Crippen LogP contribution < -0.4 is 10.2 Å². The number of para-hydroxylation sites is 1. The molecule has 0 bridgehead atoms. The lowest BCUT2D eigenvalue weighted by Gasteiger charge is -2.29. The summed E-state index contributed by atoms with van der Waals surface area (Å²) in [6.07, 6.45) is 1.17. The predicted molar refractivity (Wildman–Crippen MR) is 116 cm³/mol. The number of ether oxygens (including phenoxy) is 1. The topological polar surface area (TPSA) is 80.3 Å². The second-order valence-corrected chi connectivity index (χ2v) is 8.41. The van der Waals surface area contributed by atoms with Crippen LogP contribution in [-0.2, 0) is 19.1 Å². The maximum absolute atomic E-state index is 13.7. The van der Waals surface area contributed by atoms with E-state index in [2.05, 4.69) is 0 Å². The maximum atomic E-state index is 13.7. The van der Waals surface area contributed by atoms with Gasteiger partial charge in [0.15, 0.2) is 0 Å². The Morgan fingerprint density at radius 1 is 1.03 bits per heavy atom. The second kappa shape index (κ2) is 8.27. The van der Waals surface area contributed by atoms with Crippen molar-refractivity contribution in [2.75, 3.05) is 11.5 Å². The Morgan fingerprint density at radius 2 is 1.71 bits per heavy atom. The van der Waals surface area contributed by atoms with Crippen LogP contribution in [0.15, 0.2) is 54.6 Å². The quantitative estimate of drug-likeness (QED) is 0.574. The van der Waals surface area contributed by atoms with E-state index in [1.165, 1.54) is 4.90 Å². The van der Waals surface area contributed by atoms with Crippen molar-refractivity contribution in [2.45, 2.75) is 45.2 Å². The molecule has 2 aromatic rings. The van der Waals surface area contributed by atoms with E-state index in [4.69, 9.17) is 4.74 Å². The standard InChI is InChI=1S/C25H28N2O4/c1-4-15-25(24(30)31-5-2)20-19(21(26-25)18-14-10-9-11-16(18)3)22(28)27(23(20)29)17-12-7-6-8-13-17/h6-14,19-21,26H,4-5,15H2,1-3H3/p+1/t19-,20+,21-,25+/m0/s1. The van der Waals surface area contributed by atoms with Crippen molar-refractivity contribution in [2.24, 2.45) is 11.8 Å². The number of carbonyl (C=O) groups excluding carboxylic acids is 3. The number of nitrogens with zero attached hydrogens (tertiary/aromatic N) is 1. The van der Waals surface area contributed by atoms with Gasteiger partial charge in [0, 0.05) is 12.0 Å². The molecule has 2 aliphatic rings. The normalized spacial score (nSPS) is 27.5. The molecule has 2 fully saturated rings. The van der Waals surface area contributed by atoms with Crippen LogP contribution >= 0.6 is 0 Å². The molecule has 2 aliphatic heterocycles. The lowest BCUT2D eigenvalue weighted by Crippen LogP contribution is -2.98. The third kappa shape index (κ3) is 3.26. The number of esters is 1. The number of fused-ring (bicyclic) bond motifs is 1. The summed E-state index contributed by atoms with van der Waals surface area (Å²) in [5.41, 5.74) is 1.45. The van der Waals surface area contributed by atoms with Gasteiger partial charge in [-0.15, -0.1) is 0 Å². The summed E-state index contributed by atoms with van der Waals surface area (Å²) in [4.78, 5) is 42.0. The highest BCUT2D eigenvalue weighted by Crippen LogP contribution is 2.47. The molecule has 162 valence electrons. The number of hydrogen-bond acceptors (Lipinski definition) is 4. The van der Waals surface area contributed by atoms with Crippen molar-refractivity contribution in [1.29, 1.82) is 0 Å². The SMILES string of the molecule is CCC[C@@]1(C(=O)OCC)[NH2+][C@@H](c2ccccc2C)[C@H]2C(=O)N(c3ccccc3)C(=O)[C@@H]21. The van der Waals surface area contributed by atoms with Gasteiger partial charge in [0.1, 0.15) is 17.9 Å². The lowest BCUT2D eigenvalue weighted by molar-refractivity contribution is -0.734. The van der Waals surface area contributed by atoms with Gasteiger partial charge in [-0.25, -0.2) is 9.69 Å². The number of amides is 2. The summed E-state index contributed by atoms with van der Waals surface area (Å²) in [5.74, 6) is -2.34. The van der Waals surface area contributed by atoms with Crippen LogP contribution in [0.1, 0.15) is 43.9 Å². The van der Waals surface area contributed by atoms with E-state index in [-0.39, 0.29) is 24.5 Å². The first-order valence-electron chi connectivity index (χ1n) is 11.0. The Hall–Kier alpha value is -2.99. The van der Waals surface area contributed by atoms with Gasteiger partial charge in [-0.1, -0.05) is 49.4 Å². The zero-order valence-corrected chi connectivity index (χ0v) is 18.2. The minimum absolute atomic E-state index is 0.231. The van der Waals surface area contributed by atoms with Crippen molar-refractivity contribution < 1.29 is 24.4 Å². The summed E-state index contributed by atoms with van der Waals surface area (Å²) in [5, 5.41) is 1.95. The molecule has 0 unspecified atom stereocenters. The summed E-state index contributed by atoms with van der Waals surface area (Å²) in [6.45, 7) is 5.98. The van der Waals surface area contributed by atoms with Crippen LogP contribution in [0.25, 0.3) is 0 Å². The van der Waals surface area contributed by atoms with Gasteiger partial charge in [0.2, 0.25) is 17.4 Å². The number of rotatable bonds is 6. The lowest BCUT2D eigenvalue weighted by atomic mass is 9.76. The molecule has 4 atom stereocenters. The fourth-order valence-electron chi connectivity index (χ4n) is 5.41. The van der Waals surface area contributed by atoms with E-state index >= 15 is 0 Å². The van der Waals surface area contributed by atoms with Gasteiger partial charge in [-0.3, -0.25) is 9.59 Å². The van der Waals surface area contributed by atoms with Crippen LogP contribution in [0.3, 0.4) is 0 Å². The van der Waals surface area contributed by atoms with Gasteiger partial charge >= 0.3 is 5.97 Å². The molecule has 2 heterocycles. The molecule has 4 rings (SSSR count). The molecular formula is C25H29N2O4+. The molecule has 0 spiro atoms. The molecule has 2 amide bonds. The monoisotopic (exact) mass is 421 g/mol. The van der Waals surface area contributed by atoms with Crippen LogP contribution in [0.4, 0.5) is 5.69 Å². The zero-order valence-electron chi connectivity index (χ0n) is 18.2. The smallest absolute Gasteiger partial charge is 0.368 e. The summed E-state index contributed by atoms with van der Waals surface area (Å²) < 4.78 is 5.48. The second-order valence-electron chi connectivity index (χ2n) is 8.41. The summed E-state index contributed by atoms with van der Waals surface area (Å²) >= 11 is 0. The largest absolute Gasteiger partial charge is 0.461 e. The van der Waals surface area contributed by atoms with Crippen molar-refractivity contribution in [3.05, 3.63) is 65.7 Å². The van der Waals surface area contributed by atoms with Gasteiger partial charge < -0.3 is 10.1 Å². The average molecular weight is 422 g/mol. The minimum Gasteiger partial charge on any atom is -0.461 e. The van der Waals surface area contributed by atoms with Crippen molar-refractivity contribution in [3.8, 4) is 0 Å². The number of benzene rings is 2. The molecule has 2 saturated heterocycles. The van der Waals surface area contributed by atoms with Crippen molar-refractivity contribution in [1.82, 2.24) is 0 Å². The molecule has 2 aromatic carbocycles. The highest BCUT2D eigenvalue weighted by atomic mass is 16.5. The zero-order chi connectivity index (χ0) is 22.2. The third-order valence-corrected chi connectivity index (χ3v) is 6.65. The molecule has 31 heavy (non-hydrogen) atoms. The first kappa shape index (κ1) is 21.2. The van der Waals surface area contributed by atoms with E-state index in [0.717, 1.165) is 11.1 Å². The fraction of sp³-hybridized carbons (Fsp3) is 0.400. The molecule has 0 saturated carbocycles. The number of carbonyl (C=O) groups is 3. The van der Waals surface area contributed by atoms with Gasteiger partial charge in [-0.05, 0) is 38.0 Å². The first-order chi connectivity index (χ1) is 15.0. The highest BCUT2D eigenvalue weighted by molar-refractivity contribution is 6.23. The molecule has 2 N–H and O–H groups in total. The summed E-state index contributed by atoms with van der Waals surface area (Å²) in [6, 6.07) is 16.5. The van der Waals surface area contributed by atoms with Crippen LogP contribution in [0, 0.1) is 18.8 Å². The Balaban J connectivity index is 1.88. The Bertz CT molecular complexity index is 1010. The molecular weight excluding hydrogens is 392 g/mol. The van der Waals surface area contributed by atoms with Crippen molar-refractivity contribution in [3.63, 3.8) is 0 Å². The third-order valence-electron chi connectivity index (χ3n) is 6.65. The molecule has 6 heteroatoms. The highest BCUT2D eigenvalue weighted by Gasteiger charge is 2.72. The fourth-order valence-corrected chi connectivity index (χ4v) is 5.41. The Labute approximate surface area is 182 Å². The maximum Gasteiger partial charge on any atom is 0.368 e. The number of nitrogens with two attached hydrogens (primary N) is 1. The number of anilines is 1. The number of aryl methyl sites for hydroxylation is 1. The first-order valence-corrected chi connectivity index (χ1v) is 11.0. The molecule has 0 radical (unpaired) electrons. The Kier molecular flexibility index (Phi) is 5.67. The van der Waals surface area contributed by atoms with E-state index < -0.39 is 23.3 Å². The van der Waals surface area contributed by atoms with Crippen LogP contribution in [-0.4, -0.2) is 29.9 Å². The van der Waals surface area contributed by atoms with Gasteiger partial charge in [0.05, 0.1) is 12.3 Å². The van der Waals surface area contributed by atoms with Crippen LogP contribution in [0.2, 0.25) is 0 Å².